The Kier molecular flexibility index (Phi) is 5.72. The van der Waals surface area contributed by atoms with E-state index < -0.39 is 12.9 Å². The van der Waals surface area contributed by atoms with Gasteiger partial charge in [0, 0.05) is 6.32 Å². The van der Waals surface area contributed by atoms with Crippen molar-refractivity contribution in [1.29, 1.82) is 0 Å². The average molecular weight is 382 g/mol. The zero-order chi connectivity index (χ0) is 20.3. The Morgan fingerprint density at radius 2 is 1.93 bits per heavy atom. The predicted octanol–water partition coefficient (Wildman–Crippen LogP) is 2.61. The Morgan fingerprint density at radius 1 is 1.18 bits per heavy atom. The number of benzene rings is 2. The molecule has 0 radical (unpaired) electrons. The first-order chi connectivity index (χ1) is 13.5. The summed E-state index contributed by atoms with van der Waals surface area (Å²) in [5, 5.41) is 29.2. The largest absolute Gasteiger partial charge is 0.504 e. The molecule has 0 saturated carbocycles. The van der Waals surface area contributed by atoms with E-state index in [2.05, 4.69) is 0 Å². The first-order valence-corrected chi connectivity index (χ1v) is 8.47. The molecule has 0 fully saturated rings. The summed E-state index contributed by atoms with van der Waals surface area (Å²) in [6.45, 7) is 0. The second-order valence-corrected chi connectivity index (χ2v) is 6.08. The number of aromatic hydroxyl groups is 1. The van der Waals surface area contributed by atoms with Gasteiger partial charge in [0.15, 0.2) is 17.1 Å². The summed E-state index contributed by atoms with van der Waals surface area (Å²) in [7, 11) is 1.32. The number of allylic oxidation sites excluding steroid dienone is 1. The van der Waals surface area contributed by atoms with Crippen molar-refractivity contribution in [2.24, 2.45) is 0 Å². The van der Waals surface area contributed by atoms with Crippen molar-refractivity contribution in [3.8, 4) is 17.2 Å². The first kappa shape index (κ1) is 19.5. The smallest absolute Gasteiger partial charge is 0.456 e. The minimum Gasteiger partial charge on any atom is -0.504 e. The van der Waals surface area contributed by atoms with E-state index in [4.69, 9.17) is 23.9 Å². The zero-order valence-electron chi connectivity index (χ0n) is 15.4. The van der Waals surface area contributed by atoms with E-state index in [0.29, 0.717) is 16.5 Å². The van der Waals surface area contributed by atoms with Crippen LogP contribution >= 0.6 is 0 Å². The SMILES string of the molecule is COc1c(C(=O)C=Cc2cccc(CB(O)O)c2)c(O)c(OC)c2occc12. The van der Waals surface area contributed by atoms with E-state index in [1.807, 2.05) is 0 Å². The van der Waals surface area contributed by atoms with Gasteiger partial charge in [-0.3, -0.25) is 4.79 Å². The van der Waals surface area contributed by atoms with Crippen LogP contribution in [-0.2, 0) is 6.32 Å². The van der Waals surface area contributed by atoms with Crippen molar-refractivity contribution in [3.05, 3.63) is 59.4 Å². The van der Waals surface area contributed by atoms with Crippen LogP contribution in [0.1, 0.15) is 21.5 Å². The van der Waals surface area contributed by atoms with Gasteiger partial charge < -0.3 is 29.0 Å². The van der Waals surface area contributed by atoms with Crippen LogP contribution in [0.2, 0.25) is 0 Å². The summed E-state index contributed by atoms with van der Waals surface area (Å²) < 4.78 is 15.9. The zero-order valence-corrected chi connectivity index (χ0v) is 15.4. The van der Waals surface area contributed by atoms with Crippen LogP contribution in [-0.4, -0.2) is 42.3 Å². The number of phenols is 1. The molecular weight excluding hydrogens is 363 g/mol. The van der Waals surface area contributed by atoms with Crippen molar-refractivity contribution in [2.75, 3.05) is 14.2 Å². The number of methoxy groups -OCH3 is 2. The van der Waals surface area contributed by atoms with Gasteiger partial charge in [-0.2, -0.15) is 0 Å². The lowest BCUT2D eigenvalue weighted by Crippen LogP contribution is -2.15. The molecule has 3 N–H and O–H groups in total. The summed E-state index contributed by atoms with van der Waals surface area (Å²) in [5.74, 6) is -0.609. The van der Waals surface area contributed by atoms with Gasteiger partial charge in [-0.15, -0.1) is 0 Å². The maximum absolute atomic E-state index is 12.8. The number of ether oxygens (including phenoxy) is 2. The standard InChI is InChI=1S/C20H19BO7/c1-26-18-14-8-9-28-19(14)20(27-2)17(23)16(18)15(22)7-6-12-4-3-5-13(10-12)11-21(24)25/h3-10,23-25H,11H2,1-2H3. The molecule has 0 saturated heterocycles. The number of rotatable bonds is 7. The van der Waals surface area contributed by atoms with Crippen molar-refractivity contribution in [1.82, 2.24) is 0 Å². The molecule has 0 atom stereocenters. The van der Waals surface area contributed by atoms with Crippen LogP contribution in [0.4, 0.5) is 0 Å². The third kappa shape index (κ3) is 3.73. The number of carbonyl (C=O) groups excluding carboxylic acids is 1. The van der Waals surface area contributed by atoms with Gasteiger partial charge in [0.25, 0.3) is 0 Å². The minimum absolute atomic E-state index is 0.0357. The number of hydrogen-bond acceptors (Lipinski definition) is 7. The van der Waals surface area contributed by atoms with Crippen molar-refractivity contribution >= 4 is 29.9 Å². The lowest BCUT2D eigenvalue weighted by Gasteiger charge is -2.13. The third-order valence-corrected chi connectivity index (χ3v) is 4.25. The van der Waals surface area contributed by atoms with E-state index in [0.717, 1.165) is 0 Å². The average Bonchev–Trinajstić information content (AvgIpc) is 3.14. The second-order valence-electron chi connectivity index (χ2n) is 6.08. The molecule has 0 spiro atoms. The van der Waals surface area contributed by atoms with Gasteiger partial charge >= 0.3 is 7.12 Å². The Hall–Kier alpha value is -3.23. The summed E-state index contributed by atoms with van der Waals surface area (Å²) in [6.07, 6.45) is 4.37. The fourth-order valence-electron chi connectivity index (χ4n) is 3.05. The quantitative estimate of drug-likeness (QED) is 0.327. The molecule has 0 aliphatic heterocycles. The molecule has 144 valence electrons. The van der Waals surface area contributed by atoms with E-state index in [1.54, 1.807) is 36.4 Å². The number of ketones is 1. The van der Waals surface area contributed by atoms with Crippen molar-refractivity contribution < 1.29 is 33.8 Å². The highest BCUT2D eigenvalue weighted by atomic mass is 16.5. The molecule has 3 rings (SSSR count). The Bertz CT molecular complexity index is 1040. The van der Waals surface area contributed by atoms with Gasteiger partial charge in [0.2, 0.25) is 5.75 Å². The lowest BCUT2D eigenvalue weighted by atomic mass is 9.81. The molecule has 0 aliphatic rings. The Balaban J connectivity index is 2.00. The van der Waals surface area contributed by atoms with Gasteiger partial charge in [-0.05, 0) is 23.3 Å². The van der Waals surface area contributed by atoms with Crippen LogP contribution in [0.5, 0.6) is 17.2 Å². The second kappa shape index (κ2) is 8.20. The molecule has 2 aromatic carbocycles. The summed E-state index contributed by atoms with van der Waals surface area (Å²) in [4.78, 5) is 12.8. The highest BCUT2D eigenvalue weighted by molar-refractivity contribution is 6.40. The maximum atomic E-state index is 12.8. The molecule has 1 aromatic heterocycles. The van der Waals surface area contributed by atoms with Crippen molar-refractivity contribution in [3.63, 3.8) is 0 Å². The molecule has 7 nitrogen and oxygen atoms in total. The summed E-state index contributed by atoms with van der Waals surface area (Å²) >= 11 is 0. The van der Waals surface area contributed by atoms with Gasteiger partial charge in [-0.1, -0.05) is 30.3 Å². The normalized spacial score (nSPS) is 11.1. The molecule has 0 unspecified atom stereocenters. The molecule has 0 amide bonds. The fraction of sp³-hybridized carbons (Fsp3) is 0.150. The molecule has 8 heteroatoms. The highest BCUT2D eigenvalue weighted by Gasteiger charge is 2.26. The molecule has 0 bridgehead atoms. The highest BCUT2D eigenvalue weighted by Crippen LogP contribution is 2.45. The van der Waals surface area contributed by atoms with E-state index in [-0.39, 0.29) is 34.7 Å². The molecule has 28 heavy (non-hydrogen) atoms. The number of phenolic OH excluding ortho intramolecular Hbond substituents is 1. The van der Waals surface area contributed by atoms with Gasteiger partial charge in [0.05, 0.1) is 25.9 Å². The molecular formula is C20H19BO7. The fourth-order valence-corrected chi connectivity index (χ4v) is 3.05. The van der Waals surface area contributed by atoms with Crippen LogP contribution in [0, 0.1) is 0 Å². The summed E-state index contributed by atoms with van der Waals surface area (Å²) in [6, 6.07) is 8.64. The van der Waals surface area contributed by atoms with E-state index in [9.17, 15) is 9.90 Å². The molecule has 1 heterocycles. The lowest BCUT2D eigenvalue weighted by molar-refractivity contribution is 0.104. The predicted molar refractivity (Wildman–Crippen MR) is 105 cm³/mol. The Morgan fingerprint density at radius 3 is 2.61 bits per heavy atom. The first-order valence-electron chi connectivity index (χ1n) is 8.47. The molecule has 3 aromatic rings. The van der Waals surface area contributed by atoms with Crippen molar-refractivity contribution in [2.45, 2.75) is 6.32 Å². The van der Waals surface area contributed by atoms with Crippen LogP contribution in [0.15, 0.2) is 47.1 Å². The van der Waals surface area contributed by atoms with Crippen LogP contribution in [0.3, 0.4) is 0 Å². The number of furan rings is 1. The topological polar surface area (TPSA) is 109 Å². The number of fused-ring (bicyclic) bond motifs is 1. The number of carbonyl (C=O) groups is 1. The minimum atomic E-state index is -1.45. The molecule has 0 aliphatic carbocycles. The van der Waals surface area contributed by atoms with Gasteiger partial charge in [0.1, 0.15) is 11.3 Å². The van der Waals surface area contributed by atoms with Crippen LogP contribution in [0.25, 0.3) is 17.0 Å². The number of hydrogen-bond donors (Lipinski definition) is 3. The van der Waals surface area contributed by atoms with Gasteiger partial charge in [-0.25, -0.2) is 0 Å². The monoisotopic (exact) mass is 382 g/mol. The van der Waals surface area contributed by atoms with E-state index in [1.165, 1.54) is 26.6 Å². The third-order valence-electron chi connectivity index (χ3n) is 4.25. The Labute approximate surface area is 161 Å². The van der Waals surface area contributed by atoms with Crippen LogP contribution < -0.4 is 9.47 Å². The van der Waals surface area contributed by atoms with E-state index >= 15 is 0 Å². The summed E-state index contributed by atoms with van der Waals surface area (Å²) in [5.41, 5.74) is 1.66. The maximum Gasteiger partial charge on any atom is 0.456 e.